The van der Waals surface area contributed by atoms with Gasteiger partial charge in [-0.15, -0.1) is 6.58 Å². The van der Waals surface area contributed by atoms with Gasteiger partial charge in [0.25, 0.3) is 0 Å². The van der Waals surface area contributed by atoms with E-state index < -0.39 is 5.97 Å². The SMILES string of the molecule is C=CCCCOc1cccnc1C(=O)O.[CH3-].[CH3-].[Ir].[NH2-].[NH2-]. The second kappa shape index (κ2) is 17.7. The number of nitrogens with zero attached hydrogens (tertiary/aromatic N) is 1. The number of ether oxygens (including phenoxy) is 1. The van der Waals surface area contributed by atoms with Crippen molar-refractivity contribution in [3.05, 3.63) is 63.8 Å². The molecule has 0 amide bonds. The number of nitrogens with two attached hydrogens (primary N) is 2. The minimum absolute atomic E-state index is 0. The van der Waals surface area contributed by atoms with Crippen LogP contribution in [-0.2, 0) is 20.1 Å². The van der Waals surface area contributed by atoms with Crippen LogP contribution in [0, 0.1) is 14.9 Å². The molecule has 1 radical (unpaired) electrons. The van der Waals surface area contributed by atoms with E-state index in [-0.39, 0.29) is 53.0 Å². The third-order valence-electron chi connectivity index (χ3n) is 1.78. The molecule has 0 atom stereocenters. The predicted octanol–water partition coefficient (Wildman–Crippen LogP) is 4.46. The summed E-state index contributed by atoms with van der Waals surface area (Å²) in [5.41, 5.74) is -0.0453. The van der Waals surface area contributed by atoms with Crippen LogP contribution in [0.15, 0.2) is 31.0 Å². The van der Waals surface area contributed by atoms with Crippen molar-refractivity contribution >= 4 is 5.97 Å². The van der Waals surface area contributed by atoms with Crippen LogP contribution in [0.25, 0.3) is 12.3 Å². The van der Waals surface area contributed by atoms with Crippen molar-refractivity contribution in [2.45, 2.75) is 12.8 Å². The Morgan fingerprint density at radius 1 is 1.40 bits per heavy atom. The summed E-state index contributed by atoms with van der Waals surface area (Å²) in [5.74, 6) is -0.761. The average molecular weight is 462 g/mol. The van der Waals surface area contributed by atoms with Gasteiger partial charge in [0.1, 0.15) is 0 Å². The minimum Gasteiger partial charge on any atom is -0.693 e. The zero-order chi connectivity index (χ0) is 11.1. The quantitative estimate of drug-likeness (QED) is 0.381. The van der Waals surface area contributed by atoms with E-state index in [2.05, 4.69) is 11.6 Å². The molecule has 5 N–H and O–H groups in total. The fraction of sp³-hybridized carbons (Fsp3) is 0.231. The normalized spacial score (nSPS) is 7.20. The smallest absolute Gasteiger partial charge is 0.358 e. The Morgan fingerprint density at radius 2 is 2.00 bits per heavy atom. The van der Waals surface area contributed by atoms with E-state index in [0.29, 0.717) is 12.4 Å². The topological polar surface area (TPSA) is 126 Å². The van der Waals surface area contributed by atoms with Crippen molar-refractivity contribution in [2.75, 3.05) is 6.61 Å². The zero-order valence-electron chi connectivity index (χ0n) is 11.8. The largest absolute Gasteiger partial charge is 0.693 e. The van der Waals surface area contributed by atoms with Crippen LogP contribution in [0.5, 0.6) is 5.75 Å². The standard InChI is InChI=1S/C11H13NO3.2CH3.Ir.2H2N/c1-2-3-4-8-15-9-6-5-7-12-10(9)11(13)14;;;;;/h2,5-7H,1,3-4,8H2,(H,13,14);2*1H3;;2*1H2/q;2*-1;;2*-1. The molecular formula is C13H23IrN3O3-4. The Balaban J connectivity index is -0.000000150. The van der Waals surface area contributed by atoms with Gasteiger partial charge in [-0.3, -0.25) is 0 Å². The Kier molecular flexibility index (Phi) is 27.7. The summed E-state index contributed by atoms with van der Waals surface area (Å²) >= 11 is 0. The zero-order valence-corrected chi connectivity index (χ0v) is 14.2. The van der Waals surface area contributed by atoms with Gasteiger partial charge in [-0.2, -0.15) is 0 Å². The number of allylic oxidation sites excluding steroid dienone is 1. The number of aromatic carboxylic acids is 1. The summed E-state index contributed by atoms with van der Waals surface area (Å²) in [6, 6.07) is 3.25. The monoisotopic (exact) mass is 462 g/mol. The molecule has 0 saturated heterocycles. The molecule has 20 heavy (non-hydrogen) atoms. The van der Waals surface area contributed by atoms with E-state index in [1.807, 2.05) is 0 Å². The first-order valence-corrected chi connectivity index (χ1v) is 4.67. The van der Waals surface area contributed by atoms with Crippen molar-refractivity contribution in [2.24, 2.45) is 0 Å². The molecule has 0 bridgehead atoms. The number of carboxylic acids is 1. The third-order valence-corrected chi connectivity index (χ3v) is 1.78. The minimum atomic E-state index is -1.07. The number of carbonyl (C=O) groups is 1. The molecule has 0 spiro atoms. The summed E-state index contributed by atoms with van der Waals surface area (Å²) in [6.07, 6.45) is 4.89. The molecule has 1 rings (SSSR count). The molecule has 6 nitrogen and oxygen atoms in total. The maximum Gasteiger partial charge on any atom is 0.358 e. The number of carboxylic acid groups (broad SMARTS) is 1. The second-order valence-electron chi connectivity index (χ2n) is 2.93. The Bertz CT molecular complexity index is 362. The number of hydrogen-bond acceptors (Lipinski definition) is 3. The van der Waals surface area contributed by atoms with Gasteiger partial charge in [-0.05, 0) is 25.0 Å². The maximum absolute atomic E-state index is 10.8. The van der Waals surface area contributed by atoms with Crippen LogP contribution in [0.4, 0.5) is 0 Å². The number of hydrogen-bond donors (Lipinski definition) is 1. The van der Waals surface area contributed by atoms with Gasteiger partial charge in [-0.25, -0.2) is 9.78 Å². The molecule has 121 valence electrons. The van der Waals surface area contributed by atoms with Gasteiger partial charge in [0.15, 0.2) is 11.4 Å². The van der Waals surface area contributed by atoms with Gasteiger partial charge in [0, 0.05) is 26.3 Å². The van der Waals surface area contributed by atoms with Crippen molar-refractivity contribution in [3.8, 4) is 5.75 Å². The van der Waals surface area contributed by atoms with Crippen LogP contribution < -0.4 is 4.74 Å². The van der Waals surface area contributed by atoms with Crippen molar-refractivity contribution in [1.82, 2.24) is 4.98 Å². The molecule has 1 heterocycles. The van der Waals surface area contributed by atoms with Crippen molar-refractivity contribution in [3.63, 3.8) is 0 Å². The van der Waals surface area contributed by atoms with Crippen LogP contribution in [0.1, 0.15) is 23.3 Å². The van der Waals surface area contributed by atoms with Gasteiger partial charge >= 0.3 is 5.97 Å². The molecule has 1 aromatic rings. The number of unbranched alkanes of at least 4 members (excludes halogenated alkanes) is 1. The average Bonchev–Trinajstić information content (AvgIpc) is 2.25. The van der Waals surface area contributed by atoms with Crippen LogP contribution in [-0.4, -0.2) is 22.7 Å². The van der Waals surface area contributed by atoms with E-state index in [9.17, 15) is 4.79 Å². The summed E-state index contributed by atoms with van der Waals surface area (Å²) in [6.45, 7) is 4.06. The van der Waals surface area contributed by atoms with E-state index in [0.717, 1.165) is 12.8 Å². The molecule has 1 aromatic heterocycles. The molecular weight excluding hydrogens is 438 g/mol. The van der Waals surface area contributed by atoms with Crippen LogP contribution in [0.2, 0.25) is 0 Å². The summed E-state index contributed by atoms with van der Waals surface area (Å²) in [7, 11) is 0. The van der Waals surface area contributed by atoms with Crippen LogP contribution >= 0.6 is 0 Å². The summed E-state index contributed by atoms with van der Waals surface area (Å²) in [5, 5.41) is 8.81. The molecule has 7 heteroatoms. The van der Waals surface area contributed by atoms with Gasteiger partial charge < -0.3 is 37.0 Å². The molecule has 0 fully saturated rings. The molecule has 0 aliphatic heterocycles. The Morgan fingerprint density at radius 3 is 2.50 bits per heavy atom. The maximum atomic E-state index is 10.8. The van der Waals surface area contributed by atoms with Crippen LogP contribution in [0.3, 0.4) is 0 Å². The van der Waals surface area contributed by atoms with Crippen molar-refractivity contribution in [1.29, 1.82) is 0 Å². The van der Waals surface area contributed by atoms with Crippen molar-refractivity contribution < 1.29 is 34.7 Å². The molecule has 0 aliphatic rings. The molecule has 0 unspecified atom stereocenters. The van der Waals surface area contributed by atoms with Gasteiger partial charge in [0.2, 0.25) is 0 Å². The third kappa shape index (κ3) is 10.6. The first-order chi connectivity index (χ1) is 7.25. The molecule has 0 aromatic carbocycles. The van der Waals surface area contributed by atoms with E-state index in [1.165, 1.54) is 6.20 Å². The number of pyridine rings is 1. The first-order valence-electron chi connectivity index (χ1n) is 4.67. The number of rotatable bonds is 6. The second-order valence-corrected chi connectivity index (χ2v) is 2.93. The van der Waals surface area contributed by atoms with E-state index in [4.69, 9.17) is 9.84 Å². The van der Waals surface area contributed by atoms with Gasteiger partial charge in [0.05, 0.1) is 6.61 Å². The van der Waals surface area contributed by atoms with Gasteiger partial charge in [-0.1, -0.05) is 6.08 Å². The summed E-state index contributed by atoms with van der Waals surface area (Å²) < 4.78 is 5.31. The fourth-order valence-corrected chi connectivity index (χ4v) is 1.08. The Labute approximate surface area is 135 Å². The molecule has 0 saturated carbocycles. The summed E-state index contributed by atoms with van der Waals surface area (Å²) in [4.78, 5) is 14.5. The van der Waals surface area contributed by atoms with E-state index in [1.54, 1.807) is 18.2 Å². The first kappa shape index (κ1) is 31.2. The predicted molar refractivity (Wildman–Crippen MR) is 79.5 cm³/mol. The van der Waals surface area contributed by atoms with E-state index >= 15 is 0 Å². The molecule has 0 aliphatic carbocycles. The number of aromatic nitrogens is 1. The fourth-order valence-electron chi connectivity index (χ4n) is 1.08. The Hall–Kier alpha value is -1.27.